The van der Waals surface area contributed by atoms with Gasteiger partial charge in [-0.2, -0.15) is 0 Å². The summed E-state index contributed by atoms with van der Waals surface area (Å²) in [6, 6.07) is -0.00863. The number of allylic oxidation sites excluding steroid dienone is 1. The Morgan fingerprint density at radius 3 is 2.89 bits per heavy atom. The summed E-state index contributed by atoms with van der Waals surface area (Å²) >= 11 is 0. The van der Waals surface area contributed by atoms with Crippen molar-refractivity contribution in [1.29, 1.82) is 0 Å². The van der Waals surface area contributed by atoms with Crippen molar-refractivity contribution in [3.05, 3.63) is 11.3 Å². The lowest BCUT2D eigenvalue weighted by Gasteiger charge is -2.36. The number of ether oxygens (including phenoxy) is 1. The summed E-state index contributed by atoms with van der Waals surface area (Å²) in [5.41, 5.74) is 1.64. The fourth-order valence-corrected chi connectivity index (χ4v) is 2.90. The first kappa shape index (κ1) is 13.1. The molecule has 18 heavy (non-hydrogen) atoms. The zero-order valence-electron chi connectivity index (χ0n) is 11.2. The molecular weight excluding hydrogens is 230 g/mol. The molecule has 0 radical (unpaired) electrons. The predicted octanol–water partition coefficient (Wildman–Crippen LogP) is 2.04. The second-order valence-corrected chi connectivity index (χ2v) is 4.96. The lowest BCUT2D eigenvalue weighted by atomic mass is 9.97. The fourth-order valence-electron chi connectivity index (χ4n) is 2.90. The number of hydrogen-bond donors (Lipinski definition) is 0. The number of Topliss-reactive ketones (excluding diaryl/α,β-unsaturated/α-hetero) is 1. The van der Waals surface area contributed by atoms with E-state index in [0.717, 1.165) is 31.5 Å². The van der Waals surface area contributed by atoms with E-state index < -0.39 is 0 Å². The average Bonchev–Trinajstić information content (AvgIpc) is 2.50. The van der Waals surface area contributed by atoms with E-state index >= 15 is 0 Å². The quantitative estimate of drug-likeness (QED) is 0.705. The highest BCUT2D eigenvalue weighted by Gasteiger charge is 2.33. The fraction of sp³-hybridized carbons (Fsp3) is 0.714. The van der Waals surface area contributed by atoms with Gasteiger partial charge < -0.3 is 9.64 Å². The SMILES string of the molecule is CCOC(=O)C1=C(C)N2CCCC[C@H]2C(=O)CC1. The van der Waals surface area contributed by atoms with Gasteiger partial charge in [-0.1, -0.05) is 0 Å². The largest absolute Gasteiger partial charge is 0.463 e. The van der Waals surface area contributed by atoms with Gasteiger partial charge in [0.2, 0.25) is 0 Å². The van der Waals surface area contributed by atoms with Crippen LogP contribution in [0.3, 0.4) is 0 Å². The van der Waals surface area contributed by atoms with Crippen LogP contribution in [0.2, 0.25) is 0 Å². The normalized spacial score (nSPS) is 24.7. The molecule has 2 heterocycles. The number of piperidine rings is 1. The topological polar surface area (TPSA) is 46.6 Å². The zero-order chi connectivity index (χ0) is 13.1. The maximum absolute atomic E-state index is 12.1. The Labute approximate surface area is 108 Å². The molecule has 0 aliphatic carbocycles. The van der Waals surface area contributed by atoms with Gasteiger partial charge in [0.25, 0.3) is 0 Å². The standard InChI is InChI=1S/C14H21NO3/c1-3-18-14(17)11-7-8-13(16)12-6-4-5-9-15(12)10(11)2/h12H,3-9H2,1-2H3/t12-/m0/s1. The third kappa shape index (κ3) is 2.42. The molecule has 0 spiro atoms. The molecule has 0 aromatic carbocycles. The van der Waals surface area contributed by atoms with Gasteiger partial charge >= 0.3 is 5.97 Å². The van der Waals surface area contributed by atoms with Crippen LogP contribution in [0.5, 0.6) is 0 Å². The van der Waals surface area contributed by atoms with E-state index in [1.807, 2.05) is 6.92 Å². The van der Waals surface area contributed by atoms with Gasteiger partial charge in [-0.25, -0.2) is 4.79 Å². The minimum absolute atomic E-state index is 0.00863. The highest BCUT2D eigenvalue weighted by molar-refractivity contribution is 5.92. The van der Waals surface area contributed by atoms with Crippen molar-refractivity contribution in [1.82, 2.24) is 4.90 Å². The van der Waals surface area contributed by atoms with Crippen LogP contribution in [0.4, 0.5) is 0 Å². The first-order chi connectivity index (χ1) is 8.65. The molecule has 0 N–H and O–H groups in total. The number of fused-ring (bicyclic) bond motifs is 1. The zero-order valence-corrected chi connectivity index (χ0v) is 11.2. The number of hydrogen-bond acceptors (Lipinski definition) is 4. The maximum Gasteiger partial charge on any atom is 0.335 e. The molecular formula is C14H21NO3. The van der Waals surface area contributed by atoms with Gasteiger partial charge in [-0.15, -0.1) is 0 Å². The second kappa shape index (κ2) is 5.55. The molecule has 0 unspecified atom stereocenters. The van der Waals surface area contributed by atoms with Crippen molar-refractivity contribution in [3.8, 4) is 0 Å². The van der Waals surface area contributed by atoms with Crippen LogP contribution in [0, 0.1) is 0 Å². The van der Waals surface area contributed by atoms with E-state index in [2.05, 4.69) is 4.90 Å². The molecule has 0 aromatic rings. The van der Waals surface area contributed by atoms with Crippen LogP contribution in [-0.2, 0) is 14.3 Å². The molecule has 0 aromatic heterocycles. The third-order valence-electron chi connectivity index (χ3n) is 3.89. The molecule has 100 valence electrons. The molecule has 1 saturated heterocycles. The molecule has 2 aliphatic rings. The summed E-state index contributed by atoms with van der Waals surface area (Å²) in [6.45, 7) is 5.01. The Balaban J connectivity index is 2.28. The highest BCUT2D eigenvalue weighted by Crippen LogP contribution is 2.30. The Morgan fingerprint density at radius 2 is 2.17 bits per heavy atom. The van der Waals surface area contributed by atoms with Crippen LogP contribution in [-0.4, -0.2) is 35.8 Å². The van der Waals surface area contributed by atoms with Gasteiger partial charge in [-0.05, 0) is 39.5 Å². The minimum Gasteiger partial charge on any atom is -0.463 e. The maximum atomic E-state index is 12.1. The summed E-state index contributed by atoms with van der Waals surface area (Å²) in [5, 5.41) is 0. The molecule has 1 atom stereocenters. The number of rotatable bonds is 2. The van der Waals surface area contributed by atoms with Crippen molar-refractivity contribution in [2.45, 2.75) is 52.0 Å². The Kier molecular flexibility index (Phi) is 4.04. The van der Waals surface area contributed by atoms with E-state index in [9.17, 15) is 9.59 Å². The molecule has 2 rings (SSSR count). The number of ketones is 1. The van der Waals surface area contributed by atoms with Gasteiger partial charge in [-0.3, -0.25) is 4.79 Å². The molecule has 4 heteroatoms. The number of esters is 1. The lowest BCUT2D eigenvalue weighted by molar-refractivity contribution is -0.138. The average molecular weight is 251 g/mol. The first-order valence-corrected chi connectivity index (χ1v) is 6.81. The van der Waals surface area contributed by atoms with E-state index in [1.54, 1.807) is 6.92 Å². The monoisotopic (exact) mass is 251 g/mol. The van der Waals surface area contributed by atoms with Crippen molar-refractivity contribution < 1.29 is 14.3 Å². The van der Waals surface area contributed by atoms with Crippen molar-refractivity contribution in [2.75, 3.05) is 13.2 Å². The molecule has 2 aliphatic heterocycles. The molecule has 4 nitrogen and oxygen atoms in total. The Bertz CT molecular complexity index is 387. The highest BCUT2D eigenvalue weighted by atomic mass is 16.5. The number of carbonyl (C=O) groups excluding carboxylic acids is 2. The smallest absolute Gasteiger partial charge is 0.335 e. The van der Waals surface area contributed by atoms with Crippen molar-refractivity contribution >= 4 is 11.8 Å². The van der Waals surface area contributed by atoms with E-state index in [4.69, 9.17) is 4.74 Å². The summed E-state index contributed by atoms with van der Waals surface area (Å²) in [4.78, 5) is 26.1. The summed E-state index contributed by atoms with van der Waals surface area (Å²) in [6.07, 6.45) is 4.11. The summed E-state index contributed by atoms with van der Waals surface area (Å²) < 4.78 is 5.09. The summed E-state index contributed by atoms with van der Waals surface area (Å²) in [7, 11) is 0. The molecule has 0 bridgehead atoms. The first-order valence-electron chi connectivity index (χ1n) is 6.81. The van der Waals surface area contributed by atoms with Crippen LogP contribution >= 0.6 is 0 Å². The number of carbonyl (C=O) groups is 2. The van der Waals surface area contributed by atoms with E-state index in [-0.39, 0.29) is 17.8 Å². The molecule has 0 amide bonds. The predicted molar refractivity (Wildman–Crippen MR) is 67.9 cm³/mol. The summed E-state index contributed by atoms with van der Waals surface area (Å²) in [5.74, 6) is 0.0161. The van der Waals surface area contributed by atoms with Gasteiger partial charge in [0.15, 0.2) is 5.78 Å². The Morgan fingerprint density at radius 1 is 1.39 bits per heavy atom. The van der Waals surface area contributed by atoms with Crippen LogP contribution in [0.1, 0.15) is 46.0 Å². The minimum atomic E-state index is -0.256. The van der Waals surface area contributed by atoms with Crippen molar-refractivity contribution in [2.24, 2.45) is 0 Å². The van der Waals surface area contributed by atoms with E-state index in [0.29, 0.717) is 25.0 Å². The number of nitrogens with zero attached hydrogens (tertiary/aromatic N) is 1. The van der Waals surface area contributed by atoms with Crippen molar-refractivity contribution in [3.63, 3.8) is 0 Å². The van der Waals surface area contributed by atoms with Crippen LogP contribution in [0.15, 0.2) is 11.3 Å². The molecule has 1 fully saturated rings. The third-order valence-corrected chi connectivity index (χ3v) is 3.89. The van der Waals surface area contributed by atoms with E-state index in [1.165, 1.54) is 0 Å². The van der Waals surface area contributed by atoms with Crippen LogP contribution < -0.4 is 0 Å². The van der Waals surface area contributed by atoms with Crippen LogP contribution in [0.25, 0.3) is 0 Å². The Hall–Kier alpha value is -1.32. The van der Waals surface area contributed by atoms with Gasteiger partial charge in [0.05, 0.1) is 18.2 Å². The van der Waals surface area contributed by atoms with Gasteiger partial charge in [0, 0.05) is 18.7 Å². The second-order valence-electron chi connectivity index (χ2n) is 4.96. The lowest BCUT2D eigenvalue weighted by Crippen LogP contribution is -2.42. The van der Waals surface area contributed by atoms with Gasteiger partial charge in [0.1, 0.15) is 0 Å². The molecule has 0 saturated carbocycles.